The molecule has 0 unspecified atom stereocenters. The second-order valence-electron chi connectivity index (χ2n) is 0.850. The first kappa shape index (κ1) is 8.93. The van der Waals surface area contributed by atoms with Crippen molar-refractivity contribution >= 4 is 31.8 Å². The molecule has 0 bridgehead atoms. The molecule has 50 valence electrons. The van der Waals surface area contributed by atoms with Crippen molar-refractivity contribution in [2.75, 3.05) is 6.54 Å². The Balaban J connectivity index is 2.53. The summed E-state index contributed by atoms with van der Waals surface area (Å²) in [7, 11) is 4.52. The van der Waals surface area contributed by atoms with E-state index in [1.165, 1.54) is 11.0 Å². The molecule has 4 N–H and O–H groups in total. The van der Waals surface area contributed by atoms with Crippen molar-refractivity contribution in [2.24, 2.45) is 5.84 Å². The van der Waals surface area contributed by atoms with Gasteiger partial charge in [-0.3, -0.25) is 10.6 Å². The Hall–Kier alpha value is 0.930. The third kappa shape index (κ3) is 6.93. The molecule has 0 heterocycles. The van der Waals surface area contributed by atoms with E-state index in [1.807, 2.05) is 6.92 Å². The van der Waals surface area contributed by atoms with Gasteiger partial charge in [0.1, 0.15) is 0 Å². The molecule has 0 spiro atoms. The molecule has 0 aliphatic rings. The first-order valence-corrected chi connectivity index (χ1v) is 5.57. The average Bonchev–Trinajstić information content (AvgIpc) is 1.81. The minimum Gasteiger partial charge on any atom is -0.261 e. The van der Waals surface area contributed by atoms with Crippen LogP contribution in [-0.4, -0.2) is 6.54 Å². The van der Waals surface area contributed by atoms with E-state index in [4.69, 9.17) is 5.84 Å². The van der Waals surface area contributed by atoms with E-state index >= 15 is 0 Å². The molecule has 0 aromatic carbocycles. The number of hydrogen-bond donors (Lipinski definition) is 3. The molecule has 0 aromatic rings. The summed E-state index contributed by atoms with van der Waals surface area (Å²) in [6.07, 6.45) is 0. The van der Waals surface area contributed by atoms with Crippen LogP contribution in [-0.2, 0) is 0 Å². The van der Waals surface area contributed by atoms with Crippen molar-refractivity contribution < 1.29 is 0 Å². The zero-order valence-electron chi connectivity index (χ0n) is 4.51. The van der Waals surface area contributed by atoms with E-state index in [0.717, 1.165) is 6.54 Å². The van der Waals surface area contributed by atoms with Crippen LogP contribution in [0, 0.1) is 0 Å². The quantitative estimate of drug-likeness (QED) is 0.188. The molecule has 0 rings (SSSR count). The van der Waals surface area contributed by atoms with Gasteiger partial charge in [-0.25, -0.2) is 0 Å². The number of hydrogen-bond acceptors (Lipinski definition) is 6. The minimum atomic E-state index is 0.975. The second-order valence-corrected chi connectivity index (χ2v) is 4.48. The summed E-state index contributed by atoms with van der Waals surface area (Å²) < 4.78 is 3.05. The number of hydrazine groups is 1. The van der Waals surface area contributed by atoms with Crippen LogP contribution in [0.5, 0.6) is 0 Å². The zero-order chi connectivity index (χ0) is 6.24. The maximum Gasteiger partial charge on any atom is 0.0165 e. The van der Waals surface area contributed by atoms with Gasteiger partial charge in [0.05, 0.1) is 0 Å². The first-order chi connectivity index (χ1) is 3.91. The van der Waals surface area contributed by atoms with Crippen LogP contribution in [0.25, 0.3) is 0 Å². The molecule has 0 radical (unpaired) electrons. The van der Waals surface area contributed by atoms with Crippen LogP contribution in [0.1, 0.15) is 6.92 Å². The molecule has 6 heteroatoms. The fourth-order valence-electron chi connectivity index (χ4n) is 0.120. The molecule has 8 heavy (non-hydrogen) atoms. The Labute approximate surface area is 61.0 Å². The Bertz CT molecular complexity index is 37.5. The smallest absolute Gasteiger partial charge is 0.0165 e. The largest absolute Gasteiger partial charge is 0.261 e. The van der Waals surface area contributed by atoms with Crippen molar-refractivity contribution in [3.63, 3.8) is 0 Å². The highest BCUT2D eigenvalue weighted by Gasteiger charge is 1.83. The van der Waals surface area contributed by atoms with Crippen molar-refractivity contribution in [3.05, 3.63) is 0 Å². The summed E-state index contributed by atoms with van der Waals surface area (Å²) in [6, 6.07) is 0. The van der Waals surface area contributed by atoms with E-state index in [-0.39, 0.29) is 0 Å². The Kier molecular flexibility index (Phi) is 8.85. The topological polar surface area (TPSA) is 50.1 Å². The van der Waals surface area contributed by atoms with Gasteiger partial charge in [-0.05, 0) is 0 Å². The molecule has 0 saturated carbocycles. The van der Waals surface area contributed by atoms with Crippen LogP contribution in [0.3, 0.4) is 0 Å². The Morgan fingerprint density at radius 3 is 2.75 bits per heavy atom. The third-order valence-corrected chi connectivity index (χ3v) is 3.23. The maximum absolute atomic E-state index is 4.96. The number of rotatable bonds is 5. The molecule has 0 saturated heterocycles. The Morgan fingerprint density at radius 2 is 2.25 bits per heavy atom. The first-order valence-electron chi connectivity index (χ1n) is 2.09. The highest BCUT2D eigenvalue weighted by atomic mass is 33.5. The summed E-state index contributed by atoms with van der Waals surface area (Å²) in [5, 5.41) is 0. The van der Waals surface area contributed by atoms with E-state index < -0.39 is 0 Å². The maximum atomic E-state index is 4.96. The minimum absolute atomic E-state index is 0.975. The van der Waals surface area contributed by atoms with Crippen molar-refractivity contribution in [2.45, 2.75) is 6.92 Å². The molecular weight excluding hydrogens is 162 g/mol. The molecule has 0 atom stereocenters. The summed E-state index contributed by atoms with van der Waals surface area (Å²) in [5.41, 5.74) is 0. The van der Waals surface area contributed by atoms with Gasteiger partial charge in [-0.1, -0.05) is 6.92 Å². The molecule has 0 fully saturated rings. The lowest BCUT2D eigenvalue weighted by molar-refractivity contribution is 1.04. The number of nitrogens with two attached hydrogens (primary N) is 1. The lowest BCUT2D eigenvalue weighted by atomic mass is 10.8. The van der Waals surface area contributed by atoms with Crippen LogP contribution in [0.15, 0.2) is 0 Å². The monoisotopic (exact) mass is 171 g/mol. The van der Waals surface area contributed by atoms with Crippen LogP contribution < -0.4 is 15.4 Å². The number of nitrogens with one attached hydrogen (secondary N) is 2. The summed E-state index contributed by atoms with van der Waals surface area (Å²) >= 11 is 0. The van der Waals surface area contributed by atoms with Gasteiger partial charge >= 0.3 is 0 Å². The lowest BCUT2D eigenvalue weighted by Gasteiger charge is -1.95. The molecule has 0 aliphatic heterocycles. The Morgan fingerprint density at radius 1 is 1.50 bits per heavy atom. The van der Waals surface area contributed by atoms with Crippen molar-refractivity contribution in [1.29, 1.82) is 0 Å². The van der Waals surface area contributed by atoms with Crippen LogP contribution >= 0.6 is 31.8 Å². The predicted molar refractivity (Wildman–Crippen MR) is 43.8 cm³/mol. The second kappa shape index (κ2) is 7.93. The predicted octanol–water partition coefficient (Wildman–Crippen LogP) is 0.919. The SMILES string of the molecule is CCNSSSNN. The van der Waals surface area contributed by atoms with Gasteiger partial charge < -0.3 is 0 Å². The van der Waals surface area contributed by atoms with E-state index in [0.29, 0.717) is 0 Å². The van der Waals surface area contributed by atoms with E-state index in [2.05, 4.69) is 9.55 Å². The average molecular weight is 171 g/mol. The highest BCUT2D eigenvalue weighted by Crippen LogP contribution is 2.27. The van der Waals surface area contributed by atoms with Crippen molar-refractivity contribution in [3.8, 4) is 0 Å². The molecular formula is C2H9N3S3. The lowest BCUT2D eigenvalue weighted by Crippen LogP contribution is -2.09. The van der Waals surface area contributed by atoms with E-state index in [9.17, 15) is 0 Å². The van der Waals surface area contributed by atoms with Gasteiger partial charge in [0.25, 0.3) is 0 Å². The normalized spacial score (nSPS) is 9.75. The zero-order valence-corrected chi connectivity index (χ0v) is 6.96. The van der Waals surface area contributed by atoms with Crippen LogP contribution in [0.2, 0.25) is 0 Å². The van der Waals surface area contributed by atoms with Gasteiger partial charge in [-0.15, -0.1) is 0 Å². The fourth-order valence-corrected chi connectivity index (χ4v) is 2.17. The standard InChI is InChI=1S/C2H9N3S3/c1-2-4-6-8-7-5-3/h4-5H,2-3H2,1H3. The van der Waals surface area contributed by atoms with Crippen LogP contribution in [0.4, 0.5) is 0 Å². The highest BCUT2D eigenvalue weighted by molar-refractivity contribution is 9.08. The van der Waals surface area contributed by atoms with Gasteiger partial charge in [0.15, 0.2) is 0 Å². The molecule has 0 aromatic heterocycles. The summed E-state index contributed by atoms with van der Waals surface area (Å²) in [6.45, 7) is 3.02. The molecule has 0 amide bonds. The van der Waals surface area contributed by atoms with Gasteiger partial charge in [0.2, 0.25) is 0 Å². The van der Waals surface area contributed by atoms with Gasteiger partial charge in [-0.2, -0.15) is 4.83 Å². The van der Waals surface area contributed by atoms with Gasteiger partial charge in [0, 0.05) is 38.3 Å². The summed E-state index contributed by atoms with van der Waals surface area (Å²) in [4.78, 5) is 2.45. The van der Waals surface area contributed by atoms with Crippen molar-refractivity contribution in [1.82, 2.24) is 9.55 Å². The molecule has 3 nitrogen and oxygen atoms in total. The van der Waals surface area contributed by atoms with E-state index in [1.54, 1.807) is 20.8 Å². The third-order valence-electron chi connectivity index (χ3n) is 0.319. The fraction of sp³-hybridized carbons (Fsp3) is 1.00. The summed E-state index contributed by atoms with van der Waals surface area (Å²) in [5.74, 6) is 4.96. The molecule has 0 aliphatic carbocycles.